The number of hydrogen-bond donors (Lipinski definition) is 1. The van der Waals surface area contributed by atoms with E-state index in [0.717, 1.165) is 50.3 Å². The number of anilines is 1. The molecule has 0 saturated carbocycles. The Morgan fingerprint density at radius 2 is 1.90 bits per heavy atom. The van der Waals surface area contributed by atoms with Crippen LogP contribution in [0.4, 0.5) is 14.5 Å². The summed E-state index contributed by atoms with van der Waals surface area (Å²) in [5, 5.41) is 3.34. The van der Waals surface area contributed by atoms with E-state index >= 15 is 0 Å². The van der Waals surface area contributed by atoms with Crippen molar-refractivity contribution >= 4 is 5.69 Å². The maximum absolute atomic E-state index is 13.6. The molecule has 0 radical (unpaired) electrons. The SMILES string of the molecule is Fc1cc(C2CCCNC2)c(N2CCOCC2)cc1F. The van der Waals surface area contributed by atoms with Crippen molar-refractivity contribution in [2.45, 2.75) is 18.8 Å². The Morgan fingerprint density at radius 1 is 1.15 bits per heavy atom. The van der Waals surface area contributed by atoms with Crippen molar-refractivity contribution in [1.82, 2.24) is 5.32 Å². The third-order valence-electron chi connectivity index (χ3n) is 4.16. The van der Waals surface area contributed by atoms with Gasteiger partial charge in [0.2, 0.25) is 0 Å². The van der Waals surface area contributed by atoms with Crippen molar-refractivity contribution in [3.63, 3.8) is 0 Å². The van der Waals surface area contributed by atoms with Crippen LogP contribution in [0.1, 0.15) is 24.3 Å². The van der Waals surface area contributed by atoms with Gasteiger partial charge in [0.05, 0.1) is 13.2 Å². The summed E-state index contributed by atoms with van der Waals surface area (Å²) in [6.07, 6.45) is 2.10. The van der Waals surface area contributed by atoms with E-state index < -0.39 is 11.6 Å². The lowest BCUT2D eigenvalue weighted by molar-refractivity contribution is 0.122. The molecule has 1 N–H and O–H groups in total. The number of ether oxygens (including phenoxy) is 1. The highest BCUT2D eigenvalue weighted by Gasteiger charge is 2.24. The Labute approximate surface area is 117 Å². The number of rotatable bonds is 2. The smallest absolute Gasteiger partial charge is 0.160 e. The van der Waals surface area contributed by atoms with Crippen LogP contribution in [0.3, 0.4) is 0 Å². The molecule has 1 aromatic rings. The van der Waals surface area contributed by atoms with E-state index in [9.17, 15) is 8.78 Å². The van der Waals surface area contributed by atoms with Crippen molar-refractivity contribution in [1.29, 1.82) is 0 Å². The molecule has 2 aliphatic heterocycles. The summed E-state index contributed by atoms with van der Waals surface area (Å²) in [5.41, 5.74) is 1.76. The third-order valence-corrected chi connectivity index (χ3v) is 4.16. The van der Waals surface area contributed by atoms with Crippen molar-refractivity contribution in [2.24, 2.45) is 0 Å². The average Bonchev–Trinajstić information content (AvgIpc) is 2.51. The van der Waals surface area contributed by atoms with E-state index in [1.807, 2.05) is 0 Å². The molecule has 0 aromatic heterocycles. The zero-order chi connectivity index (χ0) is 13.9. The molecule has 2 aliphatic rings. The van der Waals surface area contributed by atoms with Crippen LogP contribution < -0.4 is 10.2 Å². The maximum Gasteiger partial charge on any atom is 0.160 e. The van der Waals surface area contributed by atoms with E-state index in [-0.39, 0.29) is 5.92 Å². The molecule has 0 aliphatic carbocycles. The summed E-state index contributed by atoms with van der Waals surface area (Å²) in [7, 11) is 0. The van der Waals surface area contributed by atoms with Crippen LogP contribution >= 0.6 is 0 Å². The molecule has 0 spiro atoms. The number of morpholine rings is 1. The van der Waals surface area contributed by atoms with Crippen molar-refractivity contribution in [2.75, 3.05) is 44.3 Å². The molecule has 20 heavy (non-hydrogen) atoms. The molecular weight excluding hydrogens is 262 g/mol. The number of nitrogens with zero attached hydrogens (tertiary/aromatic N) is 1. The number of benzene rings is 1. The number of hydrogen-bond acceptors (Lipinski definition) is 3. The fourth-order valence-electron chi connectivity index (χ4n) is 3.07. The molecule has 1 atom stereocenters. The minimum Gasteiger partial charge on any atom is -0.378 e. The molecule has 2 saturated heterocycles. The second kappa shape index (κ2) is 6.06. The molecule has 0 amide bonds. The van der Waals surface area contributed by atoms with E-state index in [4.69, 9.17) is 4.74 Å². The fraction of sp³-hybridized carbons (Fsp3) is 0.600. The standard InChI is InChI=1S/C15H20F2N2O/c16-13-8-12(11-2-1-3-18-10-11)15(9-14(13)17)19-4-6-20-7-5-19/h8-9,11,18H,1-7,10H2. The van der Waals surface area contributed by atoms with Gasteiger partial charge in [-0.2, -0.15) is 0 Å². The van der Waals surface area contributed by atoms with Gasteiger partial charge in [-0.15, -0.1) is 0 Å². The molecular formula is C15H20F2N2O. The lowest BCUT2D eigenvalue weighted by Crippen LogP contribution is -2.38. The number of nitrogens with one attached hydrogen (secondary N) is 1. The zero-order valence-electron chi connectivity index (χ0n) is 11.5. The minimum atomic E-state index is -0.765. The largest absolute Gasteiger partial charge is 0.378 e. The van der Waals surface area contributed by atoms with Crippen molar-refractivity contribution < 1.29 is 13.5 Å². The summed E-state index contributed by atoms with van der Waals surface area (Å²) >= 11 is 0. The Hall–Kier alpha value is -1.20. The van der Waals surface area contributed by atoms with Gasteiger partial charge in [-0.25, -0.2) is 8.78 Å². The van der Waals surface area contributed by atoms with Crippen molar-refractivity contribution in [3.8, 4) is 0 Å². The van der Waals surface area contributed by atoms with E-state index in [2.05, 4.69) is 10.2 Å². The highest BCUT2D eigenvalue weighted by molar-refractivity contribution is 5.56. The van der Waals surface area contributed by atoms with Crippen LogP contribution in [-0.2, 0) is 4.74 Å². The molecule has 3 nitrogen and oxygen atoms in total. The quantitative estimate of drug-likeness (QED) is 0.900. The van der Waals surface area contributed by atoms with E-state index in [1.165, 1.54) is 12.1 Å². The molecule has 5 heteroatoms. The van der Waals surface area contributed by atoms with Crippen LogP contribution in [0.5, 0.6) is 0 Å². The Bertz CT molecular complexity index is 426. The first kappa shape index (κ1) is 13.8. The summed E-state index contributed by atoms with van der Waals surface area (Å²) in [6, 6.07) is 2.74. The van der Waals surface area contributed by atoms with Gasteiger partial charge in [-0.3, -0.25) is 0 Å². The van der Waals surface area contributed by atoms with Crippen LogP contribution in [0.15, 0.2) is 12.1 Å². The van der Waals surface area contributed by atoms with Crippen LogP contribution in [0, 0.1) is 11.6 Å². The van der Waals surface area contributed by atoms with Gasteiger partial charge in [0, 0.05) is 31.4 Å². The first-order chi connectivity index (χ1) is 9.75. The van der Waals surface area contributed by atoms with Gasteiger partial charge in [0.25, 0.3) is 0 Å². The lowest BCUT2D eigenvalue weighted by atomic mass is 9.89. The Balaban J connectivity index is 1.94. The third kappa shape index (κ3) is 2.79. The lowest BCUT2D eigenvalue weighted by Gasteiger charge is -2.33. The van der Waals surface area contributed by atoms with E-state index in [0.29, 0.717) is 13.2 Å². The van der Waals surface area contributed by atoms with Gasteiger partial charge in [-0.05, 0) is 36.9 Å². The highest BCUT2D eigenvalue weighted by atomic mass is 19.2. The van der Waals surface area contributed by atoms with Gasteiger partial charge < -0.3 is 15.0 Å². The number of piperidine rings is 1. The van der Waals surface area contributed by atoms with Crippen molar-refractivity contribution in [3.05, 3.63) is 29.3 Å². The minimum absolute atomic E-state index is 0.261. The molecule has 2 heterocycles. The normalized spacial score (nSPS) is 23.9. The highest BCUT2D eigenvalue weighted by Crippen LogP contribution is 2.34. The molecule has 3 rings (SSSR count). The first-order valence-corrected chi connectivity index (χ1v) is 7.28. The molecule has 110 valence electrons. The summed E-state index contributed by atoms with van der Waals surface area (Å²) < 4.78 is 32.6. The van der Waals surface area contributed by atoms with Crippen LogP contribution in [-0.4, -0.2) is 39.4 Å². The van der Waals surface area contributed by atoms with Gasteiger partial charge in [0.1, 0.15) is 0 Å². The molecule has 1 aromatic carbocycles. The predicted octanol–water partition coefficient (Wildman–Crippen LogP) is 2.27. The van der Waals surface area contributed by atoms with Gasteiger partial charge >= 0.3 is 0 Å². The topological polar surface area (TPSA) is 24.5 Å². The zero-order valence-corrected chi connectivity index (χ0v) is 11.5. The van der Waals surface area contributed by atoms with Gasteiger partial charge in [-0.1, -0.05) is 0 Å². The molecule has 2 fully saturated rings. The summed E-state index contributed by atoms with van der Waals surface area (Å²) in [6.45, 7) is 4.59. The number of halogens is 2. The fourth-order valence-corrected chi connectivity index (χ4v) is 3.07. The summed E-state index contributed by atoms with van der Waals surface area (Å²) in [5.74, 6) is -1.25. The Morgan fingerprint density at radius 3 is 2.60 bits per heavy atom. The second-order valence-corrected chi connectivity index (χ2v) is 5.47. The van der Waals surface area contributed by atoms with Crippen LogP contribution in [0.25, 0.3) is 0 Å². The van der Waals surface area contributed by atoms with Gasteiger partial charge in [0.15, 0.2) is 11.6 Å². The first-order valence-electron chi connectivity index (χ1n) is 7.28. The monoisotopic (exact) mass is 282 g/mol. The molecule has 1 unspecified atom stereocenters. The second-order valence-electron chi connectivity index (χ2n) is 5.47. The van der Waals surface area contributed by atoms with Crippen LogP contribution in [0.2, 0.25) is 0 Å². The average molecular weight is 282 g/mol. The Kier molecular flexibility index (Phi) is 4.17. The van der Waals surface area contributed by atoms with E-state index in [1.54, 1.807) is 0 Å². The maximum atomic E-state index is 13.6. The summed E-state index contributed by atoms with van der Waals surface area (Å²) in [4.78, 5) is 2.11. The predicted molar refractivity (Wildman–Crippen MR) is 74.2 cm³/mol. The molecule has 0 bridgehead atoms.